The minimum Gasteiger partial charge on any atom is -0.418 e. The van der Waals surface area contributed by atoms with Crippen molar-refractivity contribution in [3.63, 3.8) is 0 Å². The second-order valence-corrected chi connectivity index (χ2v) is 7.58. The third-order valence-electron chi connectivity index (χ3n) is 1.87. The van der Waals surface area contributed by atoms with E-state index in [1.54, 1.807) is 24.7 Å². The Kier molecular flexibility index (Phi) is 7.28. The van der Waals surface area contributed by atoms with Crippen LogP contribution in [0.1, 0.15) is 5.82 Å². The first-order valence-corrected chi connectivity index (χ1v) is 7.51. The molecule has 0 amide bonds. The number of halogens is 7. The quantitative estimate of drug-likeness (QED) is 0.342. The minimum absolute atomic E-state index is 0.476. The molecule has 0 bridgehead atoms. The molecule has 0 aliphatic carbocycles. The zero-order valence-electron chi connectivity index (χ0n) is 10.6. The second kappa shape index (κ2) is 7.36. The van der Waals surface area contributed by atoms with Crippen molar-refractivity contribution in [3.8, 4) is 0 Å². The Morgan fingerprint density at radius 2 is 1.76 bits per heavy atom. The molecule has 14 heteroatoms. The number of nitrogens with zero attached hydrogens (tertiary/aromatic N) is 2. The van der Waals surface area contributed by atoms with Gasteiger partial charge in [-0.3, -0.25) is 0 Å². The number of hydrogen-bond donors (Lipinski definition) is 0. The Balaban J connectivity index is 0.000000690. The standard InChI is InChI=1S/C7H10Cl3N2O3S.BF4/c1-6-11(2)3-4-12(6)16(13,14)15-5-7(8,9)10;2-1(3,4)5/h3-4H,5H2,1-2H3;/q+1;-1. The van der Waals surface area contributed by atoms with Gasteiger partial charge in [-0.1, -0.05) is 38.8 Å². The maximum atomic E-state index is 11.7. The van der Waals surface area contributed by atoms with Crippen LogP contribution in [0.4, 0.5) is 17.3 Å². The molecule has 0 aliphatic heterocycles. The molecule has 1 rings (SSSR count). The summed E-state index contributed by atoms with van der Waals surface area (Å²) in [4.78, 5) is 0. The van der Waals surface area contributed by atoms with Gasteiger partial charge in [0, 0.05) is 6.92 Å². The number of aromatic nitrogens is 2. The van der Waals surface area contributed by atoms with E-state index in [1.165, 1.54) is 6.20 Å². The van der Waals surface area contributed by atoms with E-state index in [2.05, 4.69) is 4.18 Å². The predicted octanol–water partition coefficient (Wildman–Crippen LogP) is 2.40. The Bertz CT molecular complexity index is 567. The maximum absolute atomic E-state index is 11.7. The topological polar surface area (TPSA) is 52.2 Å². The van der Waals surface area contributed by atoms with Crippen molar-refractivity contribution in [2.45, 2.75) is 10.7 Å². The van der Waals surface area contributed by atoms with Crippen molar-refractivity contribution in [2.75, 3.05) is 6.61 Å². The fourth-order valence-electron chi connectivity index (χ4n) is 0.966. The van der Waals surface area contributed by atoms with Crippen molar-refractivity contribution >= 4 is 52.4 Å². The second-order valence-electron chi connectivity index (χ2n) is 3.58. The maximum Gasteiger partial charge on any atom is 0.673 e. The number of alkyl halides is 3. The molecule has 5 nitrogen and oxygen atoms in total. The van der Waals surface area contributed by atoms with Gasteiger partial charge in [0.15, 0.2) is 0 Å². The van der Waals surface area contributed by atoms with Crippen molar-refractivity contribution in [1.82, 2.24) is 3.97 Å². The first-order chi connectivity index (χ1) is 9.13. The van der Waals surface area contributed by atoms with Gasteiger partial charge in [-0.05, 0) is 0 Å². The highest BCUT2D eigenvalue weighted by molar-refractivity contribution is 7.85. The summed E-state index contributed by atoms with van der Waals surface area (Å²) in [5.41, 5.74) is 0. The molecule has 0 aliphatic rings. The number of aryl methyl sites for hydroxylation is 1. The molecule has 1 aromatic rings. The third kappa shape index (κ3) is 9.40. The largest absolute Gasteiger partial charge is 0.673 e. The average molecular weight is 395 g/mol. The molecular formula is C7H10BCl3F4N2O3S. The normalized spacial score (nSPS) is 12.8. The lowest BCUT2D eigenvalue weighted by Gasteiger charge is -2.09. The molecular weight excluding hydrogens is 385 g/mol. The molecule has 0 radical (unpaired) electrons. The summed E-state index contributed by atoms with van der Waals surface area (Å²) in [5.74, 6) is 0.476. The fraction of sp³-hybridized carbons (Fsp3) is 0.571. The van der Waals surface area contributed by atoms with Crippen molar-refractivity contribution in [1.29, 1.82) is 0 Å². The summed E-state index contributed by atoms with van der Waals surface area (Å²) in [6.45, 7) is 1.08. The van der Waals surface area contributed by atoms with E-state index >= 15 is 0 Å². The Morgan fingerprint density at radius 3 is 2.05 bits per heavy atom. The van der Waals surface area contributed by atoms with E-state index in [4.69, 9.17) is 34.8 Å². The average Bonchev–Trinajstić information content (AvgIpc) is 2.54. The summed E-state index contributed by atoms with van der Waals surface area (Å²) < 4.78 is 67.7. The molecule has 0 unspecified atom stereocenters. The van der Waals surface area contributed by atoms with Crippen molar-refractivity contribution < 1.29 is 34.4 Å². The Labute approximate surface area is 133 Å². The third-order valence-corrected chi connectivity index (χ3v) is 3.48. The van der Waals surface area contributed by atoms with Crippen LogP contribution in [-0.2, 0) is 21.5 Å². The molecule has 1 heterocycles. The van der Waals surface area contributed by atoms with Gasteiger partial charge in [-0.2, -0.15) is 8.42 Å². The van der Waals surface area contributed by atoms with Crippen molar-refractivity contribution in [2.24, 2.45) is 7.05 Å². The summed E-state index contributed by atoms with van der Waals surface area (Å²) in [7, 11) is -8.26. The fourth-order valence-corrected chi connectivity index (χ4v) is 2.42. The van der Waals surface area contributed by atoms with E-state index in [1.807, 2.05) is 0 Å². The minimum atomic E-state index is -6.00. The van der Waals surface area contributed by atoms with Crippen LogP contribution in [0.25, 0.3) is 0 Å². The first kappa shape index (κ1) is 20.8. The molecule has 0 fully saturated rings. The van der Waals surface area contributed by atoms with E-state index in [0.29, 0.717) is 5.82 Å². The summed E-state index contributed by atoms with van der Waals surface area (Å²) >= 11 is 16.2. The zero-order valence-corrected chi connectivity index (χ0v) is 13.7. The van der Waals surface area contributed by atoms with Gasteiger partial charge in [-0.15, -0.1) is 0 Å². The summed E-state index contributed by atoms with van der Waals surface area (Å²) in [6.07, 6.45) is 2.93. The molecule has 0 spiro atoms. The van der Waals surface area contributed by atoms with Gasteiger partial charge in [0.05, 0.1) is 7.05 Å². The molecule has 124 valence electrons. The van der Waals surface area contributed by atoms with Crippen LogP contribution >= 0.6 is 34.8 Å². The lowest BCUT2D eigenvalue weighted by atomic mass is 10.3. The smallest absolute Gasteiger partial charge is 0.418 e. The van der Waals surface area contributed by atoms with E-state index in [9.17, 15) is 25.7 Å². The molecule has 0 N–H and O–H groups in total. The highest BCUT2D eigenvalue weighted by Gasteiger charge is 2.30. The van der Waals surface area contributed by atoms with Crippen LogP contribution in [0.2, 0.25) is 0 Å². The lowest BCUT2D eigenvalue weighted by molar-refractivity contribution is -0.676. The van der Waals surface area contributed by atoms with Crippen LogP contribution in [0.5, 0.6) is 0 Å². The van der Waals surface area contributed by atoms with Gasteiger partial charge in [0.2, 0.25) is 3.79 Å². The molecule has 0 saturated heterocycles. The monoisotopic (exact) mass is 394 g/mol. The van der Waals surface area contributed by atoms with E-state index in [-0.39, 0.29) is 0 Å². The van der Waals surface area contributed by atoms with Crippen LogP contribution < -0.4 is 4.57 Å². The van der Waals surface area contributed by atoms with Gasteiger partial charge >= 0.3 is 17.6 Å². The van der Waals surface area contributed by atoms with Gasteiger partial charge < -0.3 is 17.3 Å². The highest BCUT2D eigenvalue weighted by Crippen LogP contribution is 2.26. The molecule has 0 saturated carbocycles. The summed E-state index contributed by atoms with van der Waals surface area (Å²) in [6, 6.07) is 0. The van der Waals surface area contributed by atoms with E-state index < -0.39 is 28.0 Å². The van der Waals surface area contributed by atoms with Crippen LogP contribution in [-0.4, -0.2) is 30.0 Å². The highest BCUT2D eigenvalue weighted by atomic mass is 35.6. The van der Waals surface area contributed by atoms with Gasteiger partial charge in [0.25, 0.3) is 5.82 Å². The predicted molar refractivity (Wildman–Crippen MR) is 71.1 cm³/mol. The number of hydrogen-bond acceptors (Lipinski definition) is 3. The molecule has 0 atom stereocenters. The summed E-state index contributed by atoms with van der Waals surface area (Å²) in [5, 5.41) is 0. The van der Waals surface area contributed by atoms with Crippen LogP contribution in [0.3, 0.4) is 0 Å². The number of imidazole rings is 1. The Hall–Kier alpha value is -0.225. The van der Waals surface area contributed by atoms with Gasteiger partial charge in [0.1, 0.15) is 19.0 Å². The lowest BCUT2D eigenvalue weighted by Crippen LogP contribution is -2.32. The van der Waals surface area contributed by atoms with Crippen molar-refractivity contribution in [3.05, 3.63) is 18.2 Å². The molecule has 21 heavy (non-hydrogen) atoms. The first-order valence-electron chi connectivity index (χ1n) is 5.01. The van der Waals surface area contributed by atoms with Gasteiger partial charge in [-0.25, -0.2) is 8.75 Å². The Morgan fingerprint density at radius 1 is 1.33 bits per heavy atom. The number of rotatable bonds is 3. The molecule has 1 aromatic heterocycles. The SMILES string of the molecule is Cc1n(S(=O)(=O)OCC(Cl)(Cl)Cl)cc[n+]1C.F[B-](F)(F)F. The van der Waals surface area contributed by atoms with Crippen LogP contribution in [0, 0.1) is 6.92 Å². The van der Waals surface area contributed by atoms with Crippen LogP contribution in [0.15, 0.2) is 12.4 Å². The van der Waals surface area contributed by atoms with E-state index in [0.717, 1.165) is 3.97 Å². The molecule has 0 aromatic carbocycles. The zero-order chi connectivity index (χ0) is 17.1.